The van der Waals surface area contributed by atoms with Gasteiger partial charge in [-0.1, -0.05) is 184 Å². The SMILES string of the molecule is CCCCCCC/C=C/CC/C=C/CCCC(O)C(O)C(CO)NC(=O)C(O)CCCCCCCCCC/C=C\C/C=C\CCCCCCCCCCC. The quantitative estimate of drug-likeness (QED) is 0.0315. The highest BCUT2D eigenvalue weighted by Crippen LogP contribution is 2.14. The molecular weight excluding hydrogens is 671 g/mol. The van der Waals surface area contributed by atoms with Gasteiger partial charge in [-0.3, -0.25) is 4.79 Å². The minimum Gasteiger partial charge on any atom is -0.394 e. The van der Waals surface area contributed by atoms with E-state index in [1.165, 1.54) is 135 Å². The van der Waals surface area contributed by atoms with E-state index < -0.39 is 36.9 Å². The van der Waals surface area contributed by atoms with Crippen LogP contribution in [0.3, 0.4) is 0 Å². The van der Waals surface area contributed by atoms with Crippen LogP contribution in [0.4, 0.5) is 0 Å². The number of unbranched alkanes of at least 4 members (excludes halogenated alkanes) is 24. The van der Waals surface area contributed by atoms with Crippen molar-refractivity contribution < 1.29 is 25.2 Å². The standard InChI is InChI=1S/C48H89NO5/c1-3-5-7-9-11-13-15-17-19-20-21-22-23-24-25-26-27-28-30-32-34-36-38-40-42-46(52)48(54)49-44(43-50)47(53)45(51)41-39-37-35-33-31-29-18-16-14-12-10-8-6-4-2/h16,18,21-22,24-25,33,35,44-47,50-53H,3-15,17,19-20,23,26-32,34,36-43H2,1-2H3,(H,49,54)/b18-16+,22-21-,25-24-,35-33+. The molecule has 0 bridgehead atoms. The van der Waals surface area contributed by atoms with Crippen LogP contribution >= 0.6 is 0 Å². The number of hydrogen-bond donors (Lipinski definition) is 5. The van der Waals surface area contributed by atoms with Crippen LogP contribution in [-0.2, 0) is 4.79 Å². The number of nitrogens with one attached hydrogen (secondary N) is 1. The molecule has 0 aliphatic rings. The smallest absolute Gasteiger partial charge is 0.249 e. The highest BCUT2D eigenvalue weighted by molar-refractivity contribution is 5.80. The zero-order valence-corrected chi connectivity index (χ0v) is 35.5. The summed E-state index contributed by atoms with van der Waals surface area (Å²) in [6, 6.07) is -1.01. The lowest BCUT2D eigenvalue weighted by molar-refractivity contribution is -0.132. The molecule has 4 atom stereocenters. The van der Waals surface area contributed by atoms with Gasteiger partial charge in [0.15, 0.2) is 0 Å². The molecule has 0 saturated carbocycles. The summed E-state index contributed by atoms with van der Waals surface area (Å²) in [4.78, 5) is 12.5. The zero-order chi connectivity index (χ0) is 39.6. The third-order valence-electron chi connectivity index (χ3n) is 10.5. The number of aliphatic hydroxyl groups excluding tert-OH is 4. The van der Waals surface area contributed by atoms with Crippen LogP contribution < -0.4 is 5.32 Å². The summed E-state index contributed by atoms with van der Waals surface area (Å²) in [5, 5.41) is 43.6. The van der Waals surface area contributed by atoms with Gasteiger partial charge in [0.1, 0.15) is 12.2 Å². The van der Waals surface area contributed by atoms with Crippen LogP contribution in [0.5, 0.6) is 0 Å². The van der Waals surface area contributed by atoms with Gasteiger partial charge in [-0.25, -0.2) is 0 Å². The lowest BCUT2D eigenvalue weighted by atomic mass is 10.00. The summed E-state index contributed by atoms with van der Waals surface area (Å²) in [7, 11) is 0. The van der Waals surface area contributed by atoms with Crippen molar-refractivity contribution in [3.8, 4) is 0 Å². The Balaban J connectivity index is 3.77. The molecule has 0 saturated heterocycles. The summed E-state index contributed by atoms with van der Waals surface area (Å²) < 4.78 is 0. The van der Waals surface area contributed by atoms with E-state index in [1.54, 1.807) is 0 Å². The van der Waals surface area contributed by atoms with E-state index in [9.17, 15) is 25.2 Å². The van der Waals surface area contributed by atoms with Crippen molar-refractivity contribution in [2.24, 2.45) is 0 Å². The zero-order valence-electron chi connectivity index (χ0n) is 35.5. The van der Waals surface area contributed by atoms with Gasteiger partial charge in [0.25, 0.3) is 0 Å². The molecule has 0 spiro atoms. The first kappa shape index (κ1) is 52.3. The normalized spacial score (nSPS) is 14.6. The number of aliphatic hydroxyl groups is 4. The maximum atomic E-state index is 12.5. The van der Waals surface area contributed by atoms with E-state index in [4.69, 9.17) is 0 Å². The first-order chi connectivity index (χ1) is 26.5. The third-order valence-corrected chi connectivity index (χ3v) is 10.5. The second-order valence-corrected chi connectivity index (χ2v) is 15.7. The summed E-state index contributed by atoms with van der Waals surface area (Å²) in [6.45, 7) is 4.01. The van der Waals surface area contributed by atoms with E-state index in [1.807, 2.05) is 0 Å². The lowest BCUT2D eigenvalue weighted by Gasteiger charge is -2.27. The second kappa shape index (κ2) is 42.4. The van der Waals surface area contributed by atoms with E-state index in [-0.39, 0.29) is 0 Å². The minimum atomic E-state index is -1.29. The largest absolute Gasteiger partial charge is 0.394 e. The molecule has 0 aliphatic heterocycles. The Kier molecular flexibility index (Phi) is 41.1. The van der Waals surface area contributed by atoms with Crippen LogP contribution in [0.25, 0.3) is 0 Å². The molecule has 0 aromatic rings. The molecule has 0 fully saturated rings. The molecule has 0 aromatic carbocycles. The Morgan fingerprint density at radius 1 is 0.463 bits per heavy atom. The minimum absolute atomic E-state index is 0.352. The fraction of sp³-hybridized carbons (Fsp3) is 0.812. The number of carbonyl (C=O) groups excluding carboxylic acids is 1. The van der Waals surface area contributed by atoms with Crippen molar-refractivity contribution in [2.45, 2.75) is 244 Å². The number of hydrogen-bond acceptors (Lipinski definition) is 5. The van der Waals surface area contributed by atoms with Crippen molar-refractivity contribution in [3.05, 3.63) is 48.6 Å². The van der Waals surface area contributed by atoms with Gasteiger partial charge in [-0.2, -0.15) is 0 Å². The van der Waals surface area contributed by atoms with Gasteiger partial charge >= 0.3 is 0 Å². The molecule has 316 valence electrons. The monoisotopic (exact) mass is 760 g/mol. The Hall–Kier alpha value is -1.73. The van der Waals surface area contributed by atoms with Crippen molar-refractivity contribution in [3.63, 3.8) is 0 Å². The summed E-state index contributed by atoms with van der Waals surface area (Å²) in [5.74, 6) is -0.604. The van der Waals surface area contributed by atoms with E-state index in [2.05, 4.69) is 67.8 Å². The molecule has 0 aliphatic carbocycles. The van der Waals surface area contributed by atoms with E-state index >= 15 is 0 Å². The van der Waals surface area contributed by atoms with Crippen LogP contribution in [0.1, 0.15) is 219 Å². The average Bonchev–Trinajstić information content (AvgIpc) is 3.18. The van der Waals surface area contributed by atoms with Crippen LogP contribution in [0, 0.1) is 0 Å². The molecule has 0 radical (unpaired) electrons. The third kappa shape index (κ3) is 35.9. The summed E-state index contributed by atoms with van der Waals surface area (Å²) >= 11 is 0. The molecule has 4 unspecified atom stereocenters. The lowest BCUT2D eigenvalue weighted by Crippen LogP contribution is -2.53. The predicted octanol–water partition coefficient (Wildman–Crippen LogP) is 12.3. The fourth-order valence-corrected chi connectivity index (χ4v) is 6.80. The van der Waals surface area contributed by atoms with E-state index in [0.29, 0.717) is 19.3 Å². The molecule has 0 aromatic heterocycles. The Morgan fingerprint density at radius 3 is 1.28 bits per heavy atom. The first-order valence-corrected chi connectivity index (χ1v) is 23.0. The fourth-order valence-electron chi connectivity index (χ4n) is 6.80. The van der Waals surface area contributed by atoms with Gasteiger partial charge in [-0.05, 0) is 83.5 Å². The van der Waals surface area contributed by atoms with Gasteiger partial charge in [0, 0.05) is 0 Å². The molecule has 0 heterocycles. The average molecular weight is 760 g/mol. The van der Waals surface area contributed by atoms with Crippen molar-refractivity contribution in [1.82, 2.24) is 5.32 Å². The molecule has 54 heavy (non-hydrogen) atoms. The number of rotatable bonds is 41. The Bertz CT molecular complexity index is 900. The Morgan fingerprint density at radius 2 is 0.833 bits per heavy atom. The highest BCUT2D eigenvalue weighted by Gasteiger charge is 2.28. The maximum absolute atomic E-state index is 12.5. The molecule has 6 heteroatoms. The topological polar surface area (TPSA) is 110 Å². The second-order valence-electron chi connectivity index (χ2n) is 15.7. The molecule has 5 N–H and O–H groups in total. The van der Waals surface area contributed by atoms with Gasteiger partial charge < -0.3 is 25.7 Å². The van der Waals surface area contributed by atoms with Crippen molar-refractivity contribution in [2.75, 3.05) is 6.61 Å². The van der Waals surface area contributed by atoms with Gasteiger partial charge in [0.05, 0.1) is 18.8 Å². The van der Waals surface area contributed by atoms with Gasteiger partial charge in [0.2, 0.25) is 5.91 Å². The number of carbonyl (C=O) groups is 1. The molecular formula is C48H89NO5. The van der Waals surface area contributed by atoms with Crippen LogP contribution in [0.15, 0.2) is 48.6 Å². The summed E-state index contributed by atoms with van der Waals surface area (Å²) in [6.07, 6.45) is 51.5. The van der Waals surface area contributed by atoms with Crippen molar-refractivity contribution >= 4 is 5.91 Å². The van der Waals surface area contributed by atoms with Crippen LogP contribution in [-0.4, -0.2) is 57.3 Å². The Labute approximate surface area is 334 Å². The molecule has 1 amide bonds. The molecule has 0 rings (SSSR count). The number of allylic oxidation sites excluding steroid dienone is 8. The highest BCUT2D eigenvalue weighted by atomic mass is 16.3. The number of amides is 1. The van der Waals surface area contributed by atoms with E-state index in [0.717, 1.165) is 51.4 Å². The van der Waals surface area contributed by atoms with Gasteiger partial charge in [-0.15, -0.1) is 0 Å². The first-order valence-electron chi connectivity index (χ1n) is 23.0. The van der Waals surface area contributed by atoms with Crippen molar-refractivity contribution in [1.29, 1.82) is 0 Å². The maximum Gasteiger partial charge on any atom is 0.249 e. The predicted molar refractivity (Wildman–Crippen MR) is 233 cm³/mol. The molecule has 6 nitrogen and oxygen atoms in total. The summed E-state index contributed by atoms with van der Waals surface area (Å²) in [5.41, 5.74) is 0. The van der Waals surface area contributed by atoms with Crippen LogP contribution in [0.2, 0.25) is 0 Å².